The molecule has 0 aliphatic carbocycles. The minimum absolute atomic E-state index is 0.144. The van der Waals surface area contributed by atoms with Gasteiger partial charge in [0.05, 0.1) is 9.52 Å². The number of benzene rings is 1. The first-order chi connectivity index (χ1) is 8.20. The smallest absolute Gasteiger partial charge is 0.0597 e. The van der Waals surface area contributed by atoms with Crippen LogP contribution in [-0.4, -0.2) is 21.4 Å². The minimum atomic E-state index is -0.144. The minimum Gasteiger partial charge on any atom is -0.379 e. The summed E-state index contributed by atoms with van der Waals surface area (Å²) in [6, 6.07) is 12.3. The second-order valence-corrected chi connectivity index (χ2v) is 8.18. The molecular weight excluding hydrogens is 224 g/mol. The summed E-state index contributed by atoms with van der Waals surface area (Å²) >= 11 is 0. The molecule has 17 heavy (non-hydrogen) atoms. The van der Waals surface area contributed by atoms with Gasteiger partial charge in [0, 0.05) is 11.8 Å². The van der Waals surface area contributed by atoms with E-state index in [0.717, 1.165) is 6.61 Å². The summed E-state index contributed by atoms with van der Waals surface area (Å²) in [6.07, 6.45) is 3.92. The van der Waals surface area contributed by atoms with Gasteiger partial charge in [0.1, 0.15) is 0 Å². The molecule has 1 aromatic rings. The van der Waals surface area contributed by atoms with Gasteiger partial charge in [-0.15, -0.1) is 0 Å². The molecule has 2 rings (SSSR count). The zero-order valence-corrected chi connectivity index (χ0v) is 12.5. The fourth-order valence-corrected chi connectivity index (χ4v) is 4.82. The largest absolute Gasteiger partial charge is 0.379 e. The average molecular weight is 248 g/mol. The summed E-state index contributed by atoms with van der Waals surface area (Å²) in [5.74, 6) is 0.699. The summed E-state index contributed by atoms with van der Waals surface area (Å²) in [6.45, 7) is 5.69. The summed E-state index contributed by atoms with van der Waals surface area (Å²) in [5, 5.41) is 0.279. The van der Waals surface area contributed by atoms with E-state index >= 15 is 0 Å². The molecule has 1 heterocycles. The Bertz CT molecular complexity index is 330. The predicted molar refractivity (Wildman–Crippen MR) is 76.4 cm³/mol. The summed E-state index contributed by atoms with van der Waals surface area (Å²) in [7, 11) is -0.144. The lowest BCUT2D eigenvalue weighted by atomic mass is 10.0. The first-order valence-corrected chi connectivity index (χ1v) is 8.59. The van der Waals surface area contributed by atoms with E-state index in [1.165, 1.54) is 30.9 Å². The molecule has 94 valence electrons. The van der Waals surface area contributed by atoms with E-state index < -0.39 is 0 Å². The van der Waals surface area contributed by atoms with Gasteiger partial charge in [0.25, 0.3) is 0 Å². The average Bonchev–Trinajstić information content (AvgIpc) is 2.38. The Labute approximate surface area is 107 Å². The van der Waals surface area contributed by atoms with Crippen LogP contribution in [0.4, 0.5) is 0 Å². The van der Waals surface area contributed by atoms with E-state index in [4.69, 9.17) is 4.74 Å². The molecule has 1 aromatic carbocycles. The van der Waals surface area contributed by atoms with E-state index in [2.05, 4.69) is 44.2 Å². The second kappa shape index (κ2) is 5.83. The number of hydrogen-bond donors (Lipinski definition) is 0. The van der Waals surface area contributed by atoms with Gasteiger partial charge >= 0.3 is 0 Å². The van der Waals surface area contributed by atoms with Crippen LogP contribution in [0.2, 0.25) is 6.04 Å². The van der Waals surface area contributed by atoms with Crippen molar-refractivity contribution in [2.45, 2.75) is 50.3 Å². The lowest BCUT2D eigenvalue weighted by Crippen LogP contribution is -2.39. The summed E-state index contributed by atoms with van der Waals surface area (Å²) in [4.78, 5) is 0. The molecule has 0 N–H and O–H groups in total. The van der Waals surface area contributed by atoms with Crippen molar-refractivity contribution in [1.29, 1.82) is 0 Å². The Kier molecular flexibility index (Phi) is 4.40. The lowest BCUT2D eigenvalue weighted by Gasteiger charge is -2.34. The highest BCUT2D eigenvalue weighted by molar-refractivity contribution is 6.39. The molecule has 1 aliphatic heterocycles. The lowest BCUT2D eigenvalue weighted by molar-refractivity contribution is -0.00740. The molecule has 2 unspecified atom stereocenters. The van der Waals surface area contributed by atoms with Crippen LogP contribution in [0, 0.1) is 0 Å². The van der Waals surface area contributed by atoms with Crippen molar-refractivity contribution < 1.29 is 4.74 Å². The molecule has 0 bridgehead atoms. The van der Waals surface area contributed by atoms with Crippen LogP contribution in [-0.2, 0) is 4.74 Å². The van der Waals surface area contributed by atoms with Crippen LogP contribution in [0.15, 0.2) is 30.3 Å². The van der Waals surface area contributed by atoms with Crippen molar-refractivity contribution in [1.82, 2.24) is 0 Å². The maximum absolute atomic E-state index is 6.01. The van der Waals surface area contributed by atoms with E-state index in [1.807, 2.05) is 0 Å². The topological polar surface area (TPSA) is 9.23 Å². The molecule has 0 spiro atoms. The number of hydrogen-bond acceptors (Lipinski definition) is 1. The molecule has 2 heteroatoms. The molecule has 2 atom stereocenters. The summed E-state index contributed by atoms with van der Waals surface area (Å²) in [5.41, 5.74) is 1.49. The van der Waals surface area contributed by atoms with Crippen LogP contribution in [0.5, 0.6) is 0 Å². The molecule has 1 aliphatic rings. The SMILES string of the molecule is CC(C[SiH2]C1(C)CCCCO1)c1ccccc1. The van der Waals surface area contributed by atoms with E-state index in [9.17, 15) is 0 Å². The van der Waals surface area contributed by atoms with Crippen LogP contribution < -0.4 is 0 Å². The molecule has 0 saturated carbocycles. The number of ether oxygens (including phenoxy) is 1. The van der Waals surface area contributed by atoms with Gasteiger partial charge in [-0.05, 0) is 37.7 Å². The van der Waals surface area contributed by atoms with Gasteiger partial charge in [0.15, 0.2) is 0 Å². The Hall–Kier alpha value is -0.603. The molecule has 1 fully saturated rings. The van der Waals surface area contributed by atoms with Gasteiger partial charge in [0.2, 0.25) is 0 Å². The highest BCUT2D eigenvalue weighted by Gasteiger charge is 2.28. The van der Waals surface area contributed by atoms with Crippen LogP contribution in [0.25, 0.3) is 0 Å². The monoisotopic (exact) mass is 248 g/mol. The zero-order valence-electron chi connectivity index (χ0n) is 11.1. The molecule has 1 saturated heterocycles. The van der Waals surface area contributed by atoms with Crippen molar-refractivity contribution in [2.24, 2.45) is 0 Å². The first-order valence-electron chi connectivity index (χ1n) is 6.88. The maximum atomic E-state index is 6.01. The predicted octanol–water partition coefficient (Wildman–Crippen LogP) is 3.29. The molecular formula is C15H24OSi. The second-order valence-electron chi connectivity index (χ2n) is 5.61. The van der Waals surface area contributed by atoms with Crippen molar-refractivity contribution in [3.8, 4) is 0 Å². The third-order valence-corrected chi connectivity index (χ3v) is 6.80. The van der Waals surface area contributed by atoms with Crippen LogP contribution in [0.1, 0.15) is 44.6 Å². The van der Waals surface area contributed by atoms with Crippen molar-refractivity contribution in [2.75, 3.05) is 6.61 Å². The number of rotatable bonds is 4. The Morgan fingerprint density at radius 3 is 2.71 bits per heavy atom. The highest BCUT2D eigenvalue weighted by atomic mass is 28.2. The van der Waals surface area contributed by atoms with Gasteiger partial charge in [-0.3, -0.25) is 0 Å². The highest BCUT2D eigenvalue weighted by Crippen LogP contribution is 2.27. The zero-order chi connectivity index (χ0) is 12.1. The maximum Gasteiger partial charge on any atom is 0.0597 e. The summed E-state index contributed by atoms with van der Waals surface area (Å²) < 4.78 is 6.01. The third kappa shape index (κ3) is 3.68. The van der Waals surface area contributed by atoms with Gasteiger partial charge in [-0.25, -0.2) is 0 Å². The van der Waals surface area contributed by atoms with Crippen LogP contribution in [0.3, 0.4) is 0 Å². The molecule has 0 amide bonds. The van der Waals surface area contributed by atoms with E-state index in [0.29, 0.717) is 5.92 Å². The van der Waals surface area contributed by atoms with Crippen molar-refractivity contribution in [3.05, 3.63) is 35.9 Å². The van der Waals surface area contributed by atoms with Gasteiger partial charge < -0.3 is 4.74 Å². The molecule has 0 radical (unpaired) electrons. The van der Waals surface area contributed by atoms with Gasteiger partial charge in [-0.1, -0.05) is 43.3 Å². The van der Waals surface area contributed by atoms with Gasteiger partial charge in [-0.2, -0.15) is 0 Å². The fourth-order valence-electron chi connectivity index (χ4n) is 2.66. The standard InChI is InChI=1S/C15H24OSi/c1-13(14-8-4-3-5-9-14)12-17-15(2)10-6-7-11-16-15/h3-5,8-9,13H,6-7,10-12,17H2,1-2H3. The first kappa shape index (κ1) is 12.8. The Balaban J connectivity index is 1.85. The Morgan fingerprint density at radius 2 is 2.06 bits per heavy atom. The fraction of sp³-hybridized carbons (Fsp3) is 0.600. The quantitative estimate of drug-likeness (QED) is 0.743. The van der Waals surface area contributed by atoms with Crippen LogP contribution >= 0.6 is 0 Å². The van der Waals surface area contributed by atoms with E-state index in [-0.39, 0.29) is 14.7 Å². The molecule has 0 aromatic heterocycles. The normalized spacial score (nSPS) is 27.4. The van der Waals surface area contributed by atoms with Crippen molar-refractivity contribution in [3.63, 3.8) is 0 Å². The molecule has 1 nitrogen and oxygen atoms in total. The third-order valence-electron chi connectivity index (χ3n) is 4.03. The Morgan fingerprint density at radius 1 is 1.29 bits per heavy atom. The van der Waals surface area contributed by atoms with Crippen molar-refractivity contribution >= 4 is 9.52 Å². The van der Waals surface area contributed by atoms with E-state index in [1.54, 1.807) is 0 Å².